The van der Waals surface area contributed by atoms with Crippen molar-refractivity contribution in [1.82, 2.24) is 5.32 Å². The molecule has 258 valence electrons. The number of esters is 1. The van der Waals surface area contributed by atoms with Crippen LogP contribution >= 0.6 is 11.8 Å². The molecule has 0 bridgehead atoms. The highest BCUT2D eigenvalue weighted by Crippen LogP contribution is 2.37. The van der Waals surface area contributed by atoms with Crippen LogP contribution in [0.5, 0.6) is 5.75 Å². The molecule has 5 aromatic carbocycles. The Bertz CT molecular complexity index is 1980. The van der Waals surface area contributed by atoms with Crippen molar-refractivity contribution < 1.29 is 28.7 Å². The van der Waals surface area contributed by atoms with Gasteiger partial charge in [0.05, 0.1) is 18.8 Å². The van der Waals surface area contributed by atoms with Crippen LogP contribution in [0.25, 0.3) is 6.08 Å². The van der Waals surface area contributed by atoms with Crippen molar-refractivity contribution in [2.75, 3.05) is 23.8 Å². The molecule has 0 heterocycles. The second-order valence-electron chi connectivity index (χ2n) is 11.1. The minimum atomic E-state index is -0.651. The van der Waals surface area contributed by atoms with E-state index in [1.54, 1.807) is 104 Å². The number of ether oxygens (including phenoxy) is 2. The smallest absolute Gasteiger partial charge is 0.338 e. The molecule has 0 fully saturated rings. The van der Waals surface area contributed by atoms with Gasteiger partial charge in [-0.25, -0.2) is 4.79 Å². The molecule has 3 N–H and O–H groups in total. The number of carbonyl (C=O) groups excluding carboxylic acids is 4. The van der Waals surface area contributed by atoms with Gasteiger partial charge in [-0.15, -0.1) is 11.8 Å². The zero-order valence-electron chi connectivity index (χ0n) is 28.1. The Kier molecular flexibility index (Phi) is 12.8. The summed E-state index contributed by atoms with van der Waals surface area (Å²) in [4.78, 5) is 53.3. The first-order valence-corrected chi connectivity index (χ1v) is 17.2. The van der Waals surface area contributed by atoms with E-state index in [-0.39, 0.29) is 18.2 Å². The lowest BCUT2D eigenvalue weighted by Crippen LogP contribution is -2.30. The van der Waals surface area contributed by atoms with E-state index < -0.39 is 23.0 Å². The molecule has 1 unspecified atom stereocenters. The molecule has 10 heteroatoms. The molecule has 5 aromatic rings. The number of rotatable bonds is 14. The minimum absolute atomic E-state index is 0.0431. The van der Waals surface area contributed by atoms with Crippen molar-refractivity contribution in [2.45, 2.75) is 24.0 Å². The van der Waals surface area contributed by atoms with E-state index in [9.17, 15) is 19.2 Å². The van der Waals surface area contributed by atoms with E-state index in [1.807, 2.05) is 49.4 Å². The summed E-state index contributed by atoms with van der Waals surface area (Å²) >= 11 is 1.32. The van der Waals surface area contributed by atoms with Gasteiger partial charge in [-0.2, -0.15) is 0 Å². The van der Waals surface area contributed by atoms with Crippen LogP contribution in [-0.2, 0) is 14.3 Å². The molecule has 3 amide bonds. The van der Waals surface area contributed by atoms with Gasteiger partial charge in [0.1, 0.15) is 16.7 Å². The third-order valence-corrected chi connectivity index (χ3v) is 8.63. The first-order valence-electron chi connectivity index (χ1n) is 16.3. The second kappa shape index (κ2) is 18.0. The third kappa shape index (κ3) is 10.4. The molecule has 0 radical (unpaired) electrons. The van der Waals surface area contributed by atoms with Crippen molar-refractivity contribution in [1.29, 1.82) is 0 Å². The van der Waals surface area contributed by atoms with Crippen molar-refractivity contribution in [2.24, 2.45) is 0 Å². The summed E-state index contributed by atoms with van der Waals surface area (Å²) in [5.41, 5.74) is 3.30. The highest BCUT2D eigenvalue weighted by atomic mass is 32.2. The normalized spacial score (nSPS) is 11.5. The fraction of sp³-hybridized carbons (Fsp3) is 0.122. The number of hydrogen-bond donors (Lipinski definition) is 3. The monoisotopic (exact) mass is 699 g/mol. The summed E-state index contributed by atoms with van der Waals surface area (Å²) in [7, 11) is 0. The maximum absolute atomic E-state index is 13.7. The van der Waals surface area contributed by atoms with Gasteiger partial charge >= 0.3 is 5.97 Å². The van der Waals surface area contributed by atoms with Crippen molar-refractivity contribution in [3.63, 3.8) is 0 Å². The molecule has 5 rings (SSSR count). The van der Waals surface area contributed by atoms with Gasteiger partial charge in [-0.3, -0.25) is 14.4 Å². The number of thioether (sulfide) groups is 1. The number of benzene rings is 5. The lowest BCUT2D eigenvalue weighted by molar-refractivity contribution is -0.116. The van der Waals surface area contributed by atoms with Crippen LogP contribution in [0, 0.1) is 0 Å². The lowest BCUT2D eigenvalue weighted by Gasteiger charge is -2.18. The van der Waals surface area contributed by atoms with Crippen LogP contribution in [0.4, 0.5) is 11.4 Å². The fourth-order valence-electron chi connectivity index (χ4n) is 4.93. The lowest BCUT2D eigenvalue weighted by atomic mass is 10.1. The van der Waals surface area contributed by atoms with Gasteiger partial charge in [-0.05, 0) is 97.8 Å². The minimum Gasteiger partial charge on any atom is -0.494 e. The van der Waals surface area contributed by atoms with Crippen LogP contribution in [0.1, 0.15) is 50.9 Å². The standard InChI is InChI=1S/C41H37N3O6S/c1-3-49-34-24-18-28(19-25-34)26-36(44-38(45)30-14-9-6-10-15-30)39(46)43-33-16-11-17-35(27-33)51-37(29-12-7-5-8-13-29)40(47)42-32-22-20-31(21-23-32)41(48)50-4-2/h5-27,37H,3-4H2,1-2H3,(H,42,47)(H,43,46)(H,44,45)/b36-26+. The first kappa shape index (κ1) is 36.2. The summed E-state index contributed by atoms with van der Waals surface area (Å²) in [6, 6.07) is 38.8. The highest BCUT2D eigenvalue weighted by molar-refractivity contribution is 8.00. The number of carbonyl (C=O) groups is 4. The molecule has 0 aliphatic carbocycles. The SMILES string of the molecule is CCOC(=O)c1ccc(NC(=O)C(Sc2cccc(NC(=O)/C(=C\c3ccc(OCC)cc3)NC(=O)c3ccccc3)c2)c2ccccc2)cc1. The average Bonchev–Trinajstić information content (AvgIpc) is 3.15. The molecular formula is C41H37N3O6S. The van der Waals surface area contributed by atoms with Gasteiger partial charge in [0.25, 0.3) is 11.8 Å². The van der Waals surface area contributed by atoms with Gasteiger partial charge < -0.3 is 25.4 Å². The molecule has 0 spiro atoms. The number of hydrogen-bond acceptors (Lipinski definition) is 7. The first-order chi connectivity index (χ1) is 24.8. The van der Waals surface area contributed by atoms with E-state index >= 15 is 0 Å². The Hall–Kier alpha value is -6.13. The Morgan fingerprint density at radius 1 is 0.686 bits per heavy atom. The molecule has 0 aliphatic heterocycles. The Morgan fingerprint density at radius 2 is 1.37 bits per heavy atom. The molecule has 0 aromatic heterocycles. The Morgan fingerprint density at radius 3 is 2.04 bits per heavy atom. The Labute approximate surface area is 301 Å². The van der Waals surface area contributed by atoms with E-state index in [4.69, 9.17) is 9.47 Å². The summed E-state index contributed by atoms with van der Waals surface area (Å²) < 4.78 is 10.6. The predicted molar refractivity (Wildman–Crippen MR) is 201 cm³/mol. The van der Waals surface area contributed by atoms with Crippen molar-refractivity contribution in [3.05, 3.63) is 161 Å². The molecule has 0 aliphatic rings. The molecule has 9 nitrogen and oxygen atoms in total. The summed E-state index contributed by atoms with van der Waals surface area (Å²) in [6.07, 6.45) is 1.60. The van der Waals surface area contributed by atoms with Crippen LogP contribution in [0.15, 0.2) is 144 Å². The molecule has 51 heavy (non-hydrogen) atoms. The van der Waals surface area contributed by atoms with Crippen LogP contribution in [0.3, 0.4) is 0 Å². The quantitative estimate of drug-likeness (QED) is 0.0608. The molecular weight excluding hydrogens is 663 g/mol. The van der Waals surface area contributed by atoms with Crippen LogP contribution in [0.2, 0.25) is 0 Å². The molecule has 1 atom stereocenters. The zero-order chi connectivity index (χ0) is 36.0. The zero-order valence-corrected chi connectivity index (χ0v) is 28.9. The van der Waals surface area contributed by atoms with Crippen LogP contribution < -0.4 is 20.7 Å². The third-order valence-electron chi connectivity index (χ3n) is 7.38. The van der Waals surface area contributed by atoms with Gasteiger partial charge in [0, 0.05) is 21.8 Å². The van der Waals surface area contributed by atoms with Gasteiger partial charge in [0.2, 0.25) is 5.91 Å². The summed E-state index contributed by atoms with van der Waals surface area (Å²) in [5.74, 6) is -0.970. The van der Waals surface area contributed by atoms with E-state index in [0.29, 0.717) is 40.4 Å². The van der Waals surface area contributed by atoms with E-state index in [2.05, 4.69) is 16.0 Å². The van der Waals surface area contributed by atoms with Crippen molar-refractivity contribution in [3.8, 4) is 5.75 Å². The maximum Gasteiger partial charge on any atom is 0.338 e. The van der Waals surface area contributed by atoms with E-state index in [0.717, 1.165) is 10.5 Å². The van der Waals surface area contributed by atoms with Crippen molar-refractivity contribution >= 4 is 52.9 Å². The number of amides is 3. The summed E-state index contributed by atoms with van der Waals surface area (Å²) in [6.45, 7) is 4.43. The van der Waals surface area contributed by atoms with Gasteiger partial charge in [0.15, 0.2) is 0 Å². The molecule has 0 saturated heterocycles. The highest BCUT2D eigenvalue weighted by Gasteiger charge is 2.23. The molecule has 0 saturated carbocycles. The van der Waals surface area contributed by atoms with Gasteiger partial charge in [-0.1, -0.05) is 66.7 Å². The van der Waals surface area contributed by atoms with E-state index in [1.165, 1.54) is 11.8 Å². The number of nitrogens with one attached hydrogen (secondary N) is 3. The topological polar surface area (TPSA) is 123 Å². The fourth-order valence-corrected chi connectivity index (χ4v) is 6.01. The summed E-state index contributed by atoms with van der Waals surface area (Å²) in [5, 5.41) is 7.96. The second-order valence-corrected chi connectivity index (χ2v) is 12.2. The van der Waals surface area contributed by atoms with Crippen LogP contribution in [-0.4, -0.2) is 36.9 Å². The maximum atomic E-state index is 13.7. The predicted octanol–water partition coefficient (Wildman–Crippen LogP) is 8.14. The largest absolute Gasteiger partial charge is 0.494 e. The number of anilines is 2. The average molecular weight is 700 g/mol. The Balaban J connectivity index is 1.35.